The smallest absolute Gasteiger partial charge is 0.409 e. The second-order valence-corrected chi connectivity index (χ2v) is 10.8. The topological polar surface area (TPSA) is 112 Å². The SMILES string of the molecule is CCOC(=O)N1CCN(/C(=N\c2nc(C)cc(C)n2)NC(=O)NC23CC4CC(CC(C4)C2)C3)CC1. The number of rotatable bonds is 3. The number of ether oxygens (including phenoxy) is 1. The van der Waals surface area contributed by atoms with Crippen LogP contribution in [-0.4, -0.2) is 76.2 Å². The van der Waals surface area contributed by atoms with E-state index in [0.717, 1.165) is 48.4 Å². The lowest BCUT2D eigenvalue weighted by Crippen LogP contribution is -2.63. The van der Waals surface area contributed by atoms with E-state index in [2.05, 4.69) is 25.6 Å². The average molecular weight is 484 g/mol. The molecule has 190 valence electrons. The van der Waals surface area contributed by atoms with Crippen LogP contribution in [0.4, 0.5) is 15.5 Å². The van der Waals surface area contributed by atoms with Crippen LogP contribution in [0.3, 0.4) is 0 Å². The number of aromatic nitrogens is 2. The lowest BCUT2D eigenvalue weighted by molar-refractivity contribution is -0.0133. The summed E-state index contributed by atoms with van der Waals surface area (Å²) in [7, 11) is 0. The van der Waals surface area contributed by atoms with Crippen molar-refractivity contribution < 1.29 is 14.3 Å². The van der Waals surface area contributed by atoms with Gasteiger partial charge in [0.2, 0.25) is 5.96 Å². The first-order chi connectivity index (χ1) is 16.8. The Hall–Kier alpha value is -2.91. The maximum absolute atomic E-state index is 13.3. The van der Waals surface area contributed by atoms with Gasteiger partial charge in [0.15, 0.2) is 0 Å². The van der Waals surface area contributed by atoms with Crippen molar-refractivity contribution >= 4 is 24.0 Å². The van der Waals surface area contributed by atoms with E-state index < -0.39 is 0 Å². The van der Waals surface area contributed by atoms with Crippen LogP contribution in [0.1, 0.15) is 56.8 Å². The molecule has 0 atom stereocenters. The van der Waals surface area contributed by atoms with Crippen molar-refractivity contribution in [1.82, 2.24) is 30.4 Å². The third kappa shape index (κ3) is 5.36. The number of guanidine groups is 1. The third-order valence-electron chi connectivity index (χ3n) is 7.92. The van der Waals surface area contributed by atoms with Crippen LogP contribution in [0.5, 0.6) is 0 Å². The molecule has 6 rings (SSSR count). The van der Waals surface area contributed by atoms with Crippen LogP contribution in [0, 0.1) is 31.6 Å². The van der Waals surface area contributed by atoms with Crippen LogP contribution in [0.15, 0.2) is 11.1 Å². The number of nitrogens with one attached hydrogen (secondary N) is 2. The van der Waals surface area contributed by atoms with Crippen molar-refractivity contribution in [1.29, 1.82) is 0 Å². The lowest BCUT2D eigenvalue weighted by Gasteiger charge is -2.56. The molecule has 1 aromatic heterocycles. The highest BCUT2D eigenvalue weighted by Crippen LogP contribution is 2.55. The predicted octanol–water partition coefficient (Wildman–Crippen LogP) is 3.12. The molecular formula is C25H37N7O3. The molecular weight excluding hydrogens is 446 g/mol. The molecule has 4 aliphatic carbocycles. The number of nitrogens with zero attached hydrogens (tertiary/aromatic N) is 5. The van der Waals surface area contributed by atoms with Crippen LogP contribution < -0.4 is 10.6 Å². The molecule has 10 nitrogen and oxygen atoms in total. The van der Waals surface area contributed by atoms with Crippen LogP contribution in [-0.2, 0) is 4.74 Å². The molecule has 2 heterocycles. The van der Waals surface area contributed by atoms with E-state index in [0.29, 0.717) is 44.7 Å². The zero-order valence-corrected chi connectivity index (χ0v) is 21.0. The largest absolute Gasteiger partial charge is 0.450 e. The van der Waals surface area contributed by atoms with Crippen LogP contribution in [0.25, 0.3) is 0 Å². The monoisotopic (exact) mass is 483 g/mol. The summed E-state index contributed by atoms with van der Waals surface area (Å²) in [6.07, 6.45) is 6.90. The minimum Gasteiger partial charge on any atom is -0.450 e. The van der Waals surface area contributed by atoms with E-state index in [1.165, 1.54) is 19.3 Å². The Balaban J connectivity index is 1.31. The summed E-state index contributed by atoms with van der Waals surface area (Å²) in [5, 5.41) is 6.39. The van der Waals surface area contributed by atoms with Gasteiger partial charge < -0.3 is 19.9 Å². The van der Waals surface area contributed by atoms with E-state index in [-0.39, 0.29) is 17.7 Å². The summed E-state index contributed by atoms with van der Waals surface area (Å²) in [6.45, 7) is 7.99. The molecule has 1 aromatic rings. The molecule has 5 fully saturated rings. The summed E-state index contributed by atoms with van der Waals surface area (Å²) < 4.78 is 5.14. The van der Waals surface area contributed by atoms with Crippen molar-refractivity contribution in [3.8, 4) is 0 Å². The standard InChI is InChI=1S/C25H37N7O3/c1-4-35-24(34)32-7-5-31(6-8-32)22(28-21-26-16(2)9-17(3)27-21)29-23(33)30-25-13-18-10-19(14-25)12-20(11-18)15-25/h9,18-20H,4-8,10-15H2,1-3H3,(H2,26,27,28,29,30,33). The number of aliphatic imine (C=N–C) groups is 1. The molecule has 0 unspecified atom stereocenters. The number of urea groups is 1. The van der Waals surface area contributed by atoms with Crippen molar-refractivity contribution in [2.24, 2.45) is 22.7 Å². The van der Waals surface area contributed by atoms with Gasteiger partial charge in [-0.2, -0.15) is 4.99 Å². The minimum absolute atomic E-state index is 0.0943. The van der Waals surface area contributed by atoms with Crippen molar-refractivity contribution in [2.45, 2.75) is 64.8 Å². The number of amides is 3. The fraction of sp³-hybridized carbons (Fsp3) is 0.720. The number of carbonyl (C=O) groups is 2. The quantitative estimate of drug-likeness (QED) is 0.505. The highest BCUT2D eigenvalue weighted by atomic mass is 16.6. The Morgan fingerprint density at radius 3 is 2.09 bits per heavy atom. The maximum atomic E-state index is 13.3. The van der Waals surface area contributed by atoms with Crippen LogP contribution >= 0.6 is 0 Å². The number of aryl methyl sites for hydroxylation is 2. The lowest BCUT2D eigenvalue weighted by atomic mass is 9.53. The molecule has 10 heteroatoms. The third-order valence-corrected chi connectivity index (χ3v) is 7.92. The van der Waals surface area contributed by atoms with Gasteiger partial charge >= 0.3 is 12.1 Å². The molecule has 3 amide bonds. The molecule has 5 aliphatic rings. The summed E-state index contributed by atoms with van der Waals surface area (Å²) in [5.74, 6) is 2.97. The number of hydrogen-bond donors (Lipinski definition) is 2. The Morgan fingerprint density at radius 2 is 1.54 bits per heavy atom. The van der Waals surface area contributed by atoms with E-state index in [4.69, 9.17) is 4.74 Å². The van der Waals surface area contributed by atoms with Gasteiger partial charge in [0.1, 0.15) is 0 Å². The van der Waals surface area contributed by atoms with Gasteiger partial charge in [-0.05, 0) is 83.1 Å². The van der Waals surface area contributed by atoms with Gasteiger partial charge in [0.25, 0.3) is 5.95 Å². The van der Waals surface area contributed by atoms with E-state index >= 15 is 0 Å². The molecule has 0 radical (unpaired) electrons. The number of carbonyl (C=O) groups excluding carboxylic acids is 2. The molecule has 2 N–H and O–H groups in total. The highest BCUT2D eigenvalue weighted by Gasteiger charge is 2.51. The Labute approximate surface area is 206 Å². The van der Waals surface area contributed by atoms with Gasteiger partial charge in [0.05, 0.1) is 6.61 Å². The molecule has 0 spiro atoms. The van der Waals surface area contributed by atoms with Crippen molar-refractivity contribution in [3.05, 3.63) is 17.5 Å². The Morgan fingerprint density at radius 1 is 1.00 bits per heavy atom. The zero-order valence-electron chi connectivity index (χ0n) is 21.0. The average Bonchev–Trinajstić information content (AvgIpc) is 2.77. The van der Waals surface area contributed by atoms with Gasteiger partial charge in [-0.1, -0.05) is 0 Å². The van der Waals surface area contributed by atoms with Gasteiger partial charge in [-0.3, -0.25) is 5.32 Å². The first kappa shape index (κ1) is 23.8. The summed E-state index contributed by atoms with van der Waals surface area (Å²) >= 11 is 0. The number of piperazine rings is 1. The minimum atomic E-state index is -0.309. The Kier molecular flexibility index (Phi) is 6.55. The maximum Gasteiger partial charge on any atom is 0.409 e. The van der Waals surface area contributed by atoms with E-state index in [1.54, 1.807) is 11.8 Å². The van der Waals surface area contributed by atoms with Gasteiger partial charge in [-0.15, -0.1) is 0 Å². The van der Waals surface area contributed by atoms with Crippen molar-refractivity contribution in [3.63, 3.8) is 0 Å². The predicted molar refractivity (Wildman–Crippen MR) is 131 cm³/mol. The molecule has 1 saturated heterocycles. The molecule has 4 saturated carbocycles. The Bertz CT molecular complexity index is 947. The van der Waals surface area contributed by atoms with E-state index in [9.17, 15) is 9.59 Å². The van der Waals surface area contributed by atoms with Gasteiger partial charge in [-0.25, -0.2) is 19.6 Å². The molecule has 1 aliphatic heterocycles. The first-order valence-corrected chi connectivity index (χ1v) is 13.0. The summed E-state index contributed by atoms with van der Waals surface area (Å²) in [5.41, 5.74) is 1.55. The fourth-order valence-electron chi connectivity index (χ4n) is 6.98. The summed E-state index contributed by atoms with van der Waals surface area (Å²) in [6, 6.07) is 1.67. The zero-order chi connectivity index (χ0) is 24.6. The second kappa shape index (κ2) is 9.62. The van der Waals surface area contributed by atoms with Gasteiger partial charge in [0, 0.05) is 43.1 Å². The van der Waals surface area contributed by atoms with Crippen molar-refractivity contribution in [2.75, 3.05) is 32.8 Å². The van der Waals surface area contributed by atoms with E-state index in [1.807, 2.05) is 24.8 Å². The summed E-state index contributed by atoms with van der Waals surface area (Å²) in [4.78, 5) is 42.6. The molecule has 4 bridgehead atoms. The molecule has 35 heavy (non-hydrogen) atoms. The first-order valence-electron chi connectivity index (χ1n) is 13.0. The highest BCUT2D eigenvalue weighted by molar-refractivity contribution is 5.97. The normalized spacial score (nSPS) is 29.8. The molecule has 0 aromatic carbocycles. The van der Waals surface area contributed by atoms with Crippen LogP contribution in [0.2, 0.25) is 0 Å². The second-order valence-electron chi connectivity index (χ2n) is 10.8. The number of hydrogen-bond acceptors (Lipinski definition) is 6. The fourth-order valence-corrected chi connectivity index (χ4v) is 6.98.